The topological polar surface area (TPSA) is 130 Å². The molecule has 3 atom stereocenters. The highest BCUT2D eigenvalue weighted by Crippen LogP contribution is 2.34. The average molecular weight is 537 g/mol. The molecule has 1 N–H and O–H groups in total. The number of aliphatic hydroxyl groups is 1. The van der Waals surface area contributed by atoms with Gasteiger partial charge in [0.05, 0.1) is 10.9 Å². The van der Waals surface area contributed by atoms with E-state index in [4.69, 9.17) is 18.6 Å². The van der Waals surface area contributed by atoms with Gasteiger partial charge < -0.3 is 23.7 Å². The van der Waals surface area contributed by atoms with E-state index < -0.39 is 36.1 Å². The summed E-state index contributed by atoms with van der Waals surface area (Å²) < 4.78 is 23.7. The Morgan fingerprint density at radius 3 is 2.62 bits per heavy atom. The molecule has 4 rings (SSSR count). The molecule has 0 amide bonds. The normalized spacial score (nSPS) is 18.5. The van der Waals surface area contributed by atoms with Crippen molar-refractivity contribution >= 4 is 23.0 Å². The molecule has 0 saturated carbocycles. The number of aryl methyl sites for hydroxylation is 1. The number of carbonyl (C=O) groups is 2. The zero-order valence-corrected chi connectivity index (χ0v) is 22.3. The molecule has 3 aromatic rings. The molecule has 10 heteroatoms. The van der Waals surface area contributed by atoms with Gasteiger partial charge in [-0.05, 0) is 18.4 Å². The van der Waals surface area contributed by atoms with Crippen LogP contribution in [0.15, 0.2) is 39.7 Å². The zero-order valence-electron chi connectivity index (χ0n) is 22.3. The number of rotatable bonds is 9. The van der Waals surface area contributed by atoms with Crippen molar-refractivity contribution in [3.63, 3.8) is 0 Å². The molecule has 0 spiro atoms. The molecular weight excluding hydrogens is 504 g/mol. The van der Waals surface area contributed by atoms with Gasteiger partial charge in [-0.2, -0.15) is 4.98 Å². The van der Waals surface area contributed by atoms with Gasteiger partial charge in [0.1, 0.15) is 31.6 Å². The van der Waals surface area contributed by atoms with E-state index in [-0.39, 0.29) is 25.3 Å². The van der Waals surface area contributed by atoms with Gasteiger partial charge in [-0.25, -0.2) is 4.79 Å². The largest absolute Gasteiger partial charge is 0.463 e. The molecule has 0 unspecified atom stereocenters. The Morgan fingerprint density at radius 2 is 1.95 bits per heavy atom. The molecule has 0 radical (unpaired) electrons. The van der Waals surface area contributed by atoms with Crippen LogP contribution in [0.2, 0.25) is 0 Å². The van der Waals surface area contributed by atoms with E-state index >= 15 is 0 Å². The van der Waals surface area contributed by atoms with Crippen LogP contribution in [-0.2, 0) is 30.2 Å². The van der Waals surface area contributed by atoms with E-state index in [1.54, 1.807) is 6.20 Å². The van der Waals surface area contributed by atoms with Gasteiger partial charge in [-0.3, -0.25) is 14.2 Å². The lowest BCUT2D eigenvalue weighted by atomic mass is 10.0. The lowest BCUT2D eigenvalue weighted by molar-refractivity contribution is -0.155. The van der Waals surface area contributed by atoms with Gasteiger partial charge in [0, 0.05) is 32.0 Å². The maximum absolute atomic E-state index is 13.0. The minimum atomic E-state index is -0.835. The fourth-order valence-electron chi connectivity index (χ4n) is 4.60. The summed E-state index contributed by atoms with van der Waals surface area (Å²) in [6, 6.07) is 7.97. The van der Waals surface area contributed by atoms with Crippen LogP contribution in [0.1, 0.15) is 63.8 Å². The third-order valence-electron chi connectivity index (χ3n) is 6.45. The number of furan rings is 1. The molecule has 10 nitrogen and oxygen atoms in total. The van der Waals surface area contributed by atoms with E-state index in [0.717, 1.165) is 24.8 Å². The van der Waals surface area contributed by atoms with Gasteiger partial charge in [-0.1, -0.05) is 55.9 Å². The van der Waals surface area contributed by atoms with Crippen molar-refractivity contribution < 1.29 is 33.3 Å². The smallest absolute Gasteiger partial charge is 0.353 e. The summed E-state index contributed by atoms with van der Waals surface area (Å²) in [5, 5.41) is 9.82. The Morgan fingerprint density at radius 1 is 1.18 bits per heavy atom. The summed E-state index contributed by atoms with van der Waals surface area (Å²) in [5.74, 6) is 5.01. The fraction of sp³-hybridized carbons (Fsp3) is 0.448. The number of fused-ring (bicyclic) bond motifs is 1. The van der Waals surface area contributed by atoms with Crippen LogP contribution < -0.4 is 5.69 Å². The van der Waals surface area contributed by atoms with Crippen molar-refractivity contribution in [1.82, 2.24) is 9.55 Å². The van der Waals surface area contributed by atoms with Gasteiger partial charge >= 0.3 is 17.6 Å². The van der Waals surface area contributed by atoms with Gasteiger partial charge in [0.15, 0.2) is 5.76 Å². The van der Waals surface area contributed by atoms with Crippen molar-refractivity contribution in [3.05, 3.63) is 52.1 Å². The Kier molecular flexibility index (Phi) is 9.17. The van der Waals surface area contributed by atoms with Crippen LogP contribution >= 0.6 is 0 Å². The number of hydrogen-bond acceptors (Lipinski definition) is 9. The Balaban J connectivity index is 1.70. The predicted octanol–water partition coefficient (Wildman–Crippen LogP) is 3.52. The second-order valence-electron chi connectivity index (χ2n) is 9.39. The SMILES string of the molecule is CCCCCc1ccc(-c2oc3nc(=O)n([C@H]4C[C@H](OC(C)=O)[C@@H](COC(C)=O)O4)cc3c2C#CCO)cc1. The lowest BCUT2D eigenvalue weighted by Crippen LogP contribution is -2.31. The molecule has 1 aromatic carbocycles. The molecule has 206 valence electrons. The first-order valence-corrected chi connectivity index (χ1v) is 13.0. The number of esters is 2. The summed E-state index contributed by atoms with van der Waals surface area (Å²) in [5.41, 5.74) is 1.93. The van der Waals surface area contributed by atoms with Crippen LogP contribution in [0.4, 0.5) is 0 Å². The first kappa shape index (κ1) is 28.1. The van der Waals surface area contributed by atoms with Crippen molar-refractivity contribution in [2.24, 2.45) is 0 Å². The highest BCUT2D eigenvalue weighted by molar-refractivity contribution is 5.88. The van der Waals surface area contributed by atoms with Crippen LogP contribution in [0.5, 0.6) is 0 Å². The molecule has 1 saturated heterocycles. The number of unbranched alkanes of at least 4 members (excludes halogenated alkanes) is 2. The number of nitrogens with zero attached hydrogens (tertiary/aromatic N) is 2. The molecule has 0 aliphatic carbocycles. The number of aromatic nitrogens is 2. The van der Waals surface area contributed by atoms with Crippen LogP contribution in [0.3, 0.4) is 0 Å². The van der Waals surface area contributed by atoms with E-state index in [9.17, 15) is 19.5 Å². The quantitative estimate of drug-likeness (QED) is 0.248. The third kappa shape index (κ3) is 6.74. The second-order valence-corrected chi connectivity index (χ2v) is 9.39. The number of hydrogen-bond donors (Lipinski definition) is 1. The van der Waals surface area contributed by atoms with E-state index in [1.807, 2.05) is 24.3 Å². The summed E-state index contributed by atoms with van der Waals surface area (Å²) in [7, 11) is 0. The second kappa shape index (κ2) is 12.7. The molecule has 0 bridgehead atoms. The van der Waals surface area contributed by atoms with Crippen molar-refractivity contribution in [2.45, 2.75) is 71.3 Å². The van der Waals surface area contributed by atoms with Crippen molar-refractivity contribution in [3.8, 4) is 23.2 Å². The van der Waals surface area contributed by atoms with E-state index in [0.29, 0.717) is 16.7 Å². The minimum absolute atomic E-state index is 0.103. The Bertz CT molecular complexity index is 1440. The summed E-state index contributed by atoms with van der Waals surface area (Å²) >= 11 is 0. The lowest BCUT2D eigenvalue weighted by Gasteiger charge is -2.17. The first-order chi connectivity index (χ1) is 18.8. The molecule has 2 aromatic heterocycles. The van der Waals surface area contributed by atoms with E-state index in [1.165, 1.54) is 30.4 Å². The number of aliphatic hydroxyl groups excluding tert-OH is 1. The monoisotopic (exact) mass is 536 g/mol. The summed E-state index contributed by atoms with van der Waals surface area (Å²) in [6.07, 6.45) is 3.82. The van der Waals surface area contributed by atoms with E-state index in [2.05, 4.69) is 23.7 Å². The van der Waals surface area contributed by atoms with Crippen molar-refractivity contribution in [1.29, 1.82) is 0 Å². The van der Waals surface area contributed by atoms with Gasteiger partial charge in [0.25, 0.3) is 0 Å². The summed E-state index contributed by atoms with van der Waals surface area (Å²) in [6.45, 7) is 4.21. The average Bonchev–Trinajstić information content (AvgIpc) is 3.46. The highest BCUT2D eigenvalue weighted by atomic mass is 16.6. The third-order valence-corrected chi connectivity index (χ3v) is 6.45. The predicted molar refractivity (Wildman–Crippen MR) is 142 cm³/mol. The number of ether oxygens (including phenoxy) is 3. The van der Waals surface area contributed by atoms with Crippen LogP contribution in [-0.4, -0.2) is 52.0 Å². The highest BCUT2D eigenvalue weighted by Gasteiger charge is 2.40. The Labute approximate surface area is 225 Å². The maximum Gasteiger partial charge on any atom is 0.353 e. The van der Waals surface area contributed by atoms with Crippen molar-refractivity contribution in [2.75, 3.05) is 13.2 Å². The first-order valence-electron chi connectivity index (χ1n) is 13.0. The Hall–Kier alpha value is -3.94. The zero-order chi connectivity index (χ0) is 27.9. The summed E-state index contributed by atoms with van der Waals surface area (Å²) in [4.78, 5) is 40.1. The number of benzene rings is 1. The molecule has 39 heavy (non-hydrogen) atoms. The van der Waals surface area contributed by atoms with Gasteiger partial charge in [0.2, 0.25) is 5.71 Å². The van der Waals surface area contributed by atoms with Gasteiger partial charge in [-0.15, -0.1) is 0 Å². The fourth-order valence-corrected chi connectivity index (χ4v) is 4.60. The molecule has 1 aliphatic heterocycles. The van der Waals surface area contributed by atoms with Crippen LogP contribution in [0, 0.1) is 11.8 Å². The maximum atomic E-state index is 13.0. The van der Waals surface area contributed by atoms with Crippen LogP contribution in [0.25, 0.3) is 22.4 Å². The standard InChI is InChI=1S/C29H32N2O8/c1-4-5-6-8-20-10-12-21(13-11-20)27-22(9-7-14-32)23-16-31(29(35)30-28(23)39-27)26-15-24(37-19(3)34)25(38-26)17-36-18(2)33/h10-13,16,24-26,32H,4-6,8,14-15,17H2,1-3H3/t24-,25+,26+/m0/s1. The molecular formula is C29H32N2O8. The molecule has 1 aliphatic rings. The minimum Gasteiger partial charge on any atom is -0.463 e. The molecule has 3 heterocycles. The number of carbonyl (C=O) groups excluding carboxylic acids is 2. The molecule has 1 fully saturated rings.